The van der Waals surface area contributed by atoms with Gasteiger partial charge in [-0.25, -0.2) is 0 Å². The standard InChI is InChI=1S/C14H19F3N4O/c15-14(16,17)12-10-4-9-21(13(22)11(10)18-19-12)8-3-7-20-5-1-2-6-20/h1-9H2,(H,18,19). The Morgan fingerprint density at radius 1 is 1.14 bits per heavy atom. The molecule has 0 aromatic carbocycles. The number of aromatic nitrogens is 2. The highest BCUT2D eigenvalue weighted by molar-refractivity contribution is 5.95. The van der Waals surface area contributed by atoms with E-state index in [1.807, 2.05) is 5.10 Å². The lowest BCUT2D eigenvalue weighted by Gasteiger charge is -2.27. The maximum absolute atomic E-state index is 12.8. The summed E-state index contributed by atoms with van der Waals surface area (Å²) in [5, 5.41) is 5.57. The largest absolute Gasteiger partial charge is 0.433 e. The van der Waals surface area contributed by atoms with Crippen molar-refractivity contribution >= 4 is 5.91 Å². The highest BCUT2D eigenvalue weighted by Gasteiger charge is 2.40. The van der Waals surface area contributed by atoms with E-state index >= 15 is 0 Å². The molecule has 0 aliphatic carbocycles. The van der Waals surface area contributed by atoms with E-state index in [0.29, 0.717) is 13.1 Å². The van der Waals surface area contributed by atoms with Crippen LogP contribution in [-0.2, 0) is 12.6 Å². The number of hydrogen-bond donors (Lipinski definition) is 1. The lowest BCUT2D eigenvalue weighted by atomic mass is 10.0. The zero-order valence-corrected chi connectivity index (χ0v) is 12.2. The van der Waals surface area contributed by atoms with Crippen LogP contribution in [-0.4, -0.2) is 58.6 Å². The summed E-state index contributed by atoms with van der Waals surface area (Å²) in [5.74, 6) is -0.394. The summed E-state index contributed by atoms with van der Waals surface area (Å²) in [5.41, 5.74) is -0.944. The molecule has 0 bridgehead atoms. The Hall–Kier alpha value is -1.57. The molecule has 2 aliphatic rings. The van der Waals surface area contributed by atoms with Gasteiger partial charge in [-0.15, -0.1) is 0 Å². The number of carbonyl (C=O) groups is 1. The second-order valence-corrected chi connectivity index (χ2v) is 5.87. The zero-order chi connectivity index (χ0) is 15.7. The number of nitrogens with one attached hydrogen (secondary N) is 1. The number of fused-ring (bicyclic) bond motifs is 1. The van der Waals surface area contributed by atoms with Crippen LogP contribution >= 0.6 is 0 Å². The van der Waals surface area contributed by atoms with Gasteiger partial charge in [0.25, 0.3) is 5.91 Å². The van der Waals surface area contributed by atoms with Crippen LogP contribution in [0.25, 0.3) is 0 Å². The Labute approximate surface area is 126 Å². The molecule has 0 spiro atoms. The number of halogens is 3. The molecule has 0 radical (unpaired) electrons. The van der Waals surface area contributed by atoms with Gasteiger partial charge in [0, 0.05) is 18.7 Å². The van der Waals surface area contributed by atoms with Gasteiger partial charge in [-0.1, -0.05) is 0 Å². The third kappa shape index (κ3) is 2.97. The van der Waals surface area contributed by atoms with Gasteiger partial charge >= 0.3 is 6.18 Å². The molecule has 1 aromatic heterocycles. The van der Waals surface area contributed by atoms with Crippen molar-refractivity contribution in [1.29, 1.82) is 0 Å². The Balaban J connectivity index is 1.61. The van der Waals surface area contributed by atoms with Crippen molar-refractivity contribution in [3.8, 4) is 0 Å². The maximum atomic E-state index is 12.8. The van der Waals surface area contributed by atoms with Gasteiger partial charge in [-0.2, -0.15) is 18.3 Å². The van der Waals surface area contributed by atoms with E-state index in [1.165, 1.54) is 12.8 Å². The van der Waals surface area contributed by atoms with Gasteiger partial charge in [0.1, 0.15) is 5.69 Å². The summed E-state index contributed by atoms with van der Waals surface area (Å²) in [6.45, 7) is 4.04. The highest BCUT2D eigenvalue weighted by Crippen LogP contribution is 2.33. The molecule has 1 amide bonds. The van der Waals surface area contributed by atoms with Crippen molar-refractivity contribution in [3.63, 3.8) is 0 Å². The second kappa shape index (κ2) is 5.91. The predicted octanol–water partition coefficient (Wildman–Crippen LogP) is 1.91. The lowest BCUT2D eigenvalue weighted by Crippen LogP contribution is -2.39. The number of carbonyl (C=O) groups excluding carboxylic acids is 1. The number of likely N-dealkylation sites (tertiary alicyclic amines) is 1. The molecule has 1 N–H and O–H groups in total. The van der Waals surface area contributed by atoms with Gasteiger partial charge in [-0.3, -0.25) is 9.89 Å². The second-order valence-electron chi connectivity index (χ2n) is 5.87. The van der Waals surface area contributed by atoms with Crippen LogP contribution in [0.15, 0.2) is 0 Å². The number of rotatable bonds is 4. The first-order valence-electron chi connectivity index (χ1n) is 7.63. The van der Waals surface area contributed by atoms with Crippen molar-refractivity contribution in [1.82, 2.24) is 20.0 Å². The van der Waals surface area contributed by atoms with Gasteiger partial charge in [-0.05, 0) is 45.3 Å². The molecule has 1 fully saturated rings. The monoisotopic (exact) mass is 316 g/mol. The fourth-order valence-electron chi connectivity index (χ4n) is 3.22. The molecule has 22 heavy (non-hydrogen) atoms. The third-order valence-corrected chi connectivity index (χ3v) is 4.37. The SMILES string of the molecule is O=C1c2n[nH]c(C(F)(F)F)c2CCN1CCCN1CCCC1. The van der Waals surface area contributed by atoms with E-state index in [-0.39, 0.29) is 17.7 Å². The van der Waals surface area contributed by atoms with Gasteiger partial charge in [0.2, 0.25) is 0 Å². The van der Waals surface area contributed by atoms with Crippen molar-refractivity contribution in [2.24, 2.45) is 0 Å². The van der Waals surface area contributed by atoms with Crippen molar-refractivity contribution < 1.29 is 18.0 Å². The van der Waals surface area contributed by atoms with Crippen molar-refractivity contribution in [3.05, 3.63) is 17.0 Å². The number of H-pyrrole nitrogens is 1. The van der Waals surface area contributed by atoms with Gasteiger partial charge in [0.15, 0.2) is 5.69 Å². The zero-order valence-electron chi connectivity index (χ0n) is 12.2. The minimum absolute atomic E-state index is 0.00768. The molecule has 0 unspecified atom stereocenters. The number of aromatic amines is 1. The lowest BCUT2D eigenvalue weighted by molar-refractivity contribution is -0.141. The average molecular weight is 316 g/mol. The summed E-state index contributed by atoms with van der Waals surface area (Å²) >= 11 is 0. The minimum Gasteiger partial charge on any atom is -0.337 e. The first-order chi connectivity index (χ1) is 10.5. The van der Waals surface area contributed by atoms with Gasteiger partial charge in [0.05, 0.1) is 0 Å². The van der Waals surface area contributed by atoms with E-state index in [1.54, 1.807) is 4.90 Å². The minimum atomic E-state index is -4.49. The molecule has 1 aromatic rings. The first-order valence-corrected chi connectivity index (χ1v) is 7.63. The number of alkyl halides is 3. The first kappa shape index (κ1) is 15.3. The summed E-state index contributed by atoms with van der Waals surface area (Å²) in [6.07, 6.45) is -0.995. The molecule has 1 saturated heterocycles. The molecule has 8 heteroatoms. The Kier molecular flexibility index (Phi) is 4.12. The Morgan fingerprint density at radius 3 is 2.55 bits per heavy atom. The van der Waals surface area contributed by atoms with Crippen molar-refractivity contribution in [2.75, 3.05) is 32.7 Å². The average Bonchev–Trinajstić information content (AvgIpc) is 3.09. The number of hydrogen-bond acceptors (Lipinski definition) is 3. The van der Waals surface area contributed by atoms with Crippen LogP contribution in [0.4, 0.5) is 13.2 Å². The van der Waals surface area contributed by atoms with Crippen LogP contribution in [0, 0.1) is 0 Å². The summed E-state index contributed by atoms with van der Waals surface area (Å²) < 4.78 is 38.4. The van der Waals surface area contributed by atoms with Crippen molar-refractivity contribution in [2.45, 2.75) is 31.9 Å². The fourth-order valence-corrected chi connectivity index (χ4v) is 3.22. The third-order valence-electron chi connectivity index (χ3n) is 4.37. The topological polar surface area (TPSA) is 52.2 Å². The predicted molar refractivity (Wildman–Crippen MR) is 73.5 cm³/mol. The van der Waals surface area contributed by atoms with Crippen LogP contribution in [0.2, 0.25) is 0 Å². The molecular weight excluding hydrogens is 297 g/mol. The maximum Gasteiger partial charge on any atom is 0.433 e. The molecule has 3 rings (SSSR count). The van der Waals surface area contributed by atoms with E-state index in [2.05, 4.69) is 10.00 Å². The van der Waals surface area contributed by atoms with E-state index in [4.69, 9.17) is 0 Å². The van der Waals surface area contributed by atoms with E-state index in [0.717, 1.165) is 26.1 Å². The number of amides is 1. The van der Waals surface area contributed by atoms with E-state index in [9.17, 15) is 18.0 Å². The molecule has 3 heterocycles. The Morgan fingerprint density at radius 2 is 1.86 bits per heavy atom. The van der Waals surface area contributed by atoms with Crippen LogP contribution in [0.3, 0.4) is 0 Å². The number of nitrogens with zero attached hydrogens (tertiary/aromatic N) is 3. The molecular formula is C14H19F3N4O. The molecule has 0 saturated carbocycles. The molecule has 2 aliphatic heterocycles. The smallest absolute Gasteiger partial charge is 0.337 e. The van der Waals surface area contributed by atoms with Crippen LogP contribution < -0.4 is 0 Å². The molecule has 122 valence electrons. The van der Waals surface area contributed by atoms with E-state index < -0.39 is 17.8 Å². The van der Waals surface area contributed by atoms with Crippen LogP contribution in [0.5, 0.6) is 0 Å². The highest BCUT2D eigenvalue weighted by atomic mass is 19.4. The fraction of sp³-hybridized carbons (Fsp3) is 0.714. The summed E-state index contributed by atoms with van der Waals surface area (Å²) in [6, 6.07) is 0. The Bertz CT molecular complexity index is 549. The normalized spacial score (nSPS) is 19.8. The molecule has 5 nitrogen and oxygen atoms in total. The van der Waals surface area contributed by atoms with Gasteiger partial charge < -0.3 is 9.80 Å². The quantitative estimate of drug-likeness (QED) is 0.923. The van der Waals surface area contributed by atoms with Crippen LogP contribution in [0.1, 0.15) is 41.0 Å². The molecule has 0 atom stereocenters. The summed E-state index contributed by atoms with van der Waals surface area (Å²) in [7, 11) is 0. The summed E-state index contributed by atoms with van der Waals surface area (Å²) in [4.78, 5) is 16.2.